The van der Waals surface area contributed by atoms with Crippen molar-refractivity contribution in [3.8, 4) is 18.1 Å². The first kappa shape index (κ1) is 15.9. The van der Waals surface area contributed by atoms with Crippen LogP contribution in [0.2, 0.25) is 5.02 Å². The van der Waals surface area contributed by atoms with Gasteiger partial charge in [0.15, 0.2) is 0 Å². The second kappa shape index (κ2) is 6.99. The molecule has 1 aliphatic heterocycles. The van der Waals surface area contributed by atoms with Gasteiger partial charge >= 0.3 is 0 Å². The molecular weight excluding hydrogens is 326 g/mol. The van der Waals surface area contributed by atoms with E-state index in [4.69, 9.17) is 35.0 Å². The summed E-state index contributed by atoms with van der Waals surface area (Å²) < 4.78 is 5.87. The van der Waals surface area contributed by atoms with Gasteiger partial charge in [-0.25, -0.2) is 0 Å². The van der Waals surface area contributed by atoms with Gasteiger partial charge < -0.3 is 4.74 Å². The van der Waals surface area contributed by atoms with Crippen molar-refractivity contribution < 1.29 is 9.53 Å². The summed E-state index contributed by atoms with van der Waals surface area (Å²) in [6, 6.07) is 5.27. The van der Waals surface area contributed by atoms with Gasteiger partial charge in [0.05, 0.1) is 9.93 Å². The highest BCUT2D eigenvalue weighted by molar-refractivity contribution is 8.26. The molecule has 0 unspecified atom stereocenters. The molecule has 0 aliphatic carbocycles. The molecule has 0 saturated carbocycles. The van der Waals surface area contributed by atoms with Crippen LogP contribution in [0.4, 0.5) is 0 Å². The lowest BCUT2D eigenvalue weighted by Gasteiger charge is -2.09. The van der Waals surface area contributed by atoms with E-state index in [0.717, 1.165) is 5.56 Å². The molecule has 0 aromatic heterocycles. The van der Waals surface area contributed by atoms with Gasteiger partial charge in [-0.15, -0.1) is 6.42 Å². The van der Waals surface area contributed by atoms with Crippen molar-refractivity contribution in [2.75, 3.05) is 13.2 Å². The number of thiocarbonyl (C=S) groups is 1. The van der Waals surface area contributed by atoms with Crippen molar-refractivity contribution in [2.24, 2.45) is 0 Å². The summed E-state index contributed by atoms with van der Waals surface area (Å²) in [5, 5.41) is 0.449. The van der Waals surface area contributed by atoms with Crippen molar-refractivity contribution in [2.45, 2.75) is 6.92 Å². The number of halogens is 1. The molecule has 0 bridgehead atoms. The molecular formula is C15H12ClNO2S2. The minimum Gasteiger partial charge on any atom is -0.479 e. The Morgan fingerprint density at radius 3 is 2.90 bits per heavy atom. The lowest BCUT2D eigenvalue weighted by Crippen LogP contribution is -2.27. The fraction of sp³-hybridized carbons (Fsp3) is 0.200. The quantitative estimate of drug-likeness (QED) is 0.477. The molecule has 0 atom stereocenters. The molecule has 0 radical (unpaired) electrons. The van der Waals surface area contributed by atoms with Gasteiger partial charge in [-0.05, 0) is 30.7 Å². The third kappa shape index (κ3) is 3.59. The number of rotatable bonds is 4. The lowest BCUT2D eigenvalue weighted by molar-refractivity contribution is -0.121. The van der Waals surface area contributed by atoms with Crippen LogP contribution < -0.4 is 4.74 Å². The molecule has 108 valence electrons. The van der Waals surface area contributed by atoms with Crippen molar-refractivity contribution in [1.82, 2.24) is 4.90 Å². The van der Waals surface area contributed by atoms with Gasteiger partial charge in [0, 0.05) is 6.54 Å². The molecule has 21 heavy (non-hydrogen) atoms. The largest absolute Gasteiger partial charge is 0.479 e. The predicted molar refractivity (Wildman–Crippen MR) is 91.3 cm³/mol. The van der Waals surface area contributed by atoms with Crippen molar-refractivity contribution >= 4 is 51.9 Å². The van der Waals surface area contributed by atoms with E-state index in [0.29, 0.717) is 26.5 Å². The minimum absolute atomic E-state index is 0.0729. The lowest BCUT2D eigenvalue weighted by atomic mass is 10.2. The maximum absolute atomic E-state index is 12.1. The Balaban J connectivity index is 2.22. The normalized spacial score (nSPS) is 16.4. The number of likely N-dealkylation sites (N-methyl/N-ethyl adjacent to an activating group) is 1. The smallest absolute Gasteiger partial charge is 0.266 e. The van der Waals surface area contributed by atoms with E-state index in [9.17, 15) is 4.79 Å². The molecule has 1 aromatic carbocycles. The molecule has 1 aromatic rings. The van der Waals surface area contributed by atoms with E-state index in [1.165, 1.54) is 11.8 Å². The maximum atomic E-state index is 12.1. The van der Waals surface area contributed by atoms with Crippen molar-refractivity contribution in [1.29, 1.82) is 0 Å². The van der Waals surface area contributed by atoms with Gasteiger partial charge in [-0.2, -0.15) is 0 Å². The highest BCUT2D eigenvalue weighted by Crippen LogP contribution is 2.33. The molecule has 1 amide bonds. The van der Waals surface area contributed by atoms with E-state index in [1.807, 2.05) is 13.0 Å². The predicted octanol–water partition coefficient (Wildman–Crippen LogP) is 3.57. The number of carbonyl (C=O) groups is 1. The second-order valence-electron chi connectivity index (χ2n) is 4.11. The van der Waals surface area contributed by atoms with Gasteiger partial charge in [0.25, 0.3) is 5.91 Å². The molecule has 1 aliphatic rings. The van der Waals surface area contributed by atoms with Crippen LogP contribution in [0.25, 0.3) is 6.08 Å². The number of hydrogen-bond donors (Lipinski definition) is 0. The van der Waals surface area contributed by atoms with Crippen LogP contribution in [-0.2, 0) is 4.79 Å². The second-order valence-corrected chi connectivity index (χ2v) is 6.19. The van der Waals surface area contributed by atoms with Gasteiger partial charge in [-0.3, -0.25) is 9.69 Å². The van der Waals surface area contributed by atoms with Crippen LogP contribution in [0.5, 0.6) is 5.75 Å². The topological polar surface area (TPSA) is 29.5 Å². The summed E-state index contributed by atoms with van der Waals surface area (Å²) in [7, 11) is 0. The minimum atomic E-state index is -0.0729. The highest BCUT2D eigenvalue weighted by Gasteiger charge is 2.30. The molecule has 0 N–H and O–H groups in total. The summed E-state index contributed by atoms with van der Waals surface area (Å²) in [5.41, 5.74) is 0.810. The van der Waals surface area contributed by atoms with Crippen LogP contribution in [0.1, 0.15) is 12.5 Å². The van der Waals surface area contributed by atoms with E-state index >= 15 is 0 Å². The van der Waals surface area contributed by atoms with Crippen molar-refractivity contribution in [3.63, 3.8) is 0 Å². The third-order valence-corrected chi connectivity index (χ3v) is 4.43. The van der Waals surface area contributed by atoms with Gasteiger partial charge in [0.1, 0.15) is 16.7 Å². The maximum Gasteiger partial charge on any atom is 0.266 e. The first-order valence-corrected chi connectivity index (χ1v) is 7.78. The zero-order valence-electron chi connectivity index (χ0n) is 11.3. The van der Waals surface area contributed by atoms with Gasteiger partial charge in [0.2, 0.25) is 0 Å². The van der Waals surface area contributed by atoms with Crippen LogP contribution in [0.3, 0.4) is 0 Å². The monoisotopic (exact) mass is 337 g/mol. The molecule has 1 saturated heterocycles. The number of nitrogens with zero attached hydrogens (tertiary/aromatic N) is 1. The van der Waals surface area contributed by atoms with Gasteiger partial charge in [-0.1, -0.05) is 47.6 Å². The molecule has 6 heteroatoms. The average molecular weight is 338 g/mol. The first-order chi connectivity index (χ1) is 10.1. The number of ether oxygens (including phenoxy) is 1. The Labute approximate surface area is 138 Å². The molecule has 2 rings (SSSR count). The third-order valence-electron chi connectivity index (χ3n) is 2.75. The number of amides is 1. The molecule has 1 heterocycles. The Kier molecular flexibility index (Phi) is 5.29. The van der Waals surface area contributed by atoms with E-state index in [1.54, 1.807) is 23.1 Å². The number of hydrogen-bond acceptors (Lipinski definition) is 4. The van der Waals surface area contributed by atoms with Crippen LogP contribution in [-0.4, -0.2) is 28.3 Å². The fourth-order valence-electron chi connectivity index (χ4n) is 1.77. The first-order valence-electron chi connectivity index (χ1n) is 6.18. The summed E-state index contributed by atoms with van der Waals surface area (Å²) in [6.45, 7) is 2.62. The highest BCUT2D eigenvalue weighted by atomic mass is 35.5. The number of benzene rings is 1. The zero-order chi connectivity index (χ0) is 15.4. The fourth-order valence-corrected chi connectivity index (χ4v) is 3.40. The van der Waals surface area contributed by atoms with E-state index in [2.05, 4.69) is 5.92 Å². The summed E-state index contributed by atoms with van der Waals surface area (Å²) >= 11 is 12.6. The van der Waals surface area contributed by atoms with Crippen LogP contribution in [0.15, 0.2) is 23.1 Å². The SMILES string of the molecule is C#CCOc1ccc(/C=C2\SC(=S)N(CC)C2=O)cc1Cl. The number of thioether (sulfide) groups is 1. The Morgan fingerprint density at radius 1 is 1.57 bits per heavy atom. The van der Waals surface area contributed by atoms with E-state index in [-0.39, 0.29) is 12.5 Å². The van der Waals surface area contributed by atoms with Crippen LogP contribution in [0, 0.1) is 12.3 Å². The summed E-state index contributed by atoms with van der Waals surface area (Å²) in [5.74, 6) is 2.83. The molecule has 0 spiro atoms. The molecule has 3 nitrogen and oxygen atoms in total. The molecule has 1 fully saturated rings. The Morgan fingerprint density at radius 2 is 2.33 bits per heavy atom. The summed E-state index contributed by atoms with van der Waals surface area (Å²) in [4.78, 5) is 14.3. The Bertz CT molecular complexity index is 664. The standard InChI is InChI=1S/C15H12ClNO2S2/c1-3-7-19-12-6-5-10(8-11(12)16)9-13-14(18)17(4-2)15(20)21-13/h1,5-6,8-9H,4,7H2,2H3/b13-9-. The average Bonchev–Trinajstić information content (AvgIpc) is 2.72. The van der Waals surface area contributed by atoms with Crippen molar-refractivity contribution in [3.05, 3.63) is 33.7 Å². The number of carbonyl (C=O) groups excluding carboxylic acids is 1. The number of terminal acetylenes is 1. The van der Waals surface area contributed by atoms with Crippen LogP contribution >= 0.6 is 35.6 Å². The zero-order valence-corrected chi connectivity index (χ0v) is 13.6. The summed E-state index contributed by atoms with van der Waals surface area (Å²) in [6.07, 6.45) is 6.90. The Hall–Kier alpha value is -1.48. The van der Waals surface area contributed by atoms with E-state index < -0.39 is 0 Å².